The number of carboxylic acid groups (broad SMARTS) is 1. The molecule has 0 fully saturated rings. The maximum Gasteiger partial charge on any atom is 0.303 e. The number of Topliss-reactive ketones (excluding diaryl/α,β-unsaturated/α-hetero) is 1. The lowest BCUT2D eigenvalue weighted by atomic mass is 10.1. The zero-order chi connectivity index (χ0) is 11.5. The Hall–Kier alpha value is -0.860. The summed E-state index contributed by atoms with van der Waals surface area (Å²) in [5.74, 6) is -0.357. The first-order valence-corrected chi connectivity index (χ1v) is 5.90. The molecular formula is C12H22O3. The monoisotopic (exact) mass is 214 g/mol. The number of carbonyl (C=O) groups excluding carboxylic acids is 1. The Morgan fingerprint density at radius 1 is 0.867 bits per heavy atom. The number of carbonyl (C=O) groups is 2. The van der Waals surface area contributed by atoms with E-state index in [0.717, 1.165) is 38.5 Å². The summed E-state index contributed by atoms with van der Waals surface area (Å²) < 4.78 is 0. The molecule has 0 spiro atoms. The third kappa shape index (κ3) is 11.1. The molecule has 15 heavy (non-hydrogen) atoms. The zero-order valence-electron chi connectivity index (χ0n) is 9.63. The van der Waals surface area contributed by atoms with E-state index in [1.807, 2.05) is 6.92 Å². The summed E-state index contributed by atoms with van der Waals surface area (Å²) in [7, 11) is 0. The molecule has 0 saturated carbocycles. The van der Waals surface area contributed by atoms with Crippen LogP contribution in [0.5, 0.6) is 0 Å². The number of carboxylic acids is 1. The molecule has 0 aromatic heterocycles. The van der Waals surface area contributed by atoms with E-state index in [-0.39, 0.29) is 6.42 Å². The van der Waals surface area contributed by atoms with Gasteiger partial charge in [0, 0.05) is 19.3 Å². The standard InChI is InChI=1S/C12H22O3/c1-2-11(13)9-7-5-3-4-6-8-10-12(14)15/h2-10H2,1H3,(H,14,15). The molecule has 0 amide bonds. The molecule has 0 saturated heterocycles. The number of hydrogen-bond donors (Lipinski definition) is 1. The molecule has 0 aromatic rings. The average Bonchev–Trinajstić information content (AvgIpc) is 2.21. The lowest BCUT2D eigenvalue weighted by Crippen LogP contribution is -1.95. The molecule has 0 rings (SSSR count). The number of aliphatic carboxylic acids is 1. The topological polar surface area (TPSA) is 54.4 Å². The highest BCUT2D eigenvalue weighted by atomic mass is 16.4. The van der Waals surface area contributed by atoms with Crippen LogP contribution in [-0.4, -0.2) is 16.9 Å². The van der Waals surface area contributed by atoms with Gasteiger partial charge >= 0.3 is 5.97 Å². The van der Waals surface area contributed by atoms with Gasteiger partial charge in [0.05, 0.1) is 0 Å². The minimum absolute atomic E-state index is 0.286. The molecular weight excluding hydrogens is 192 g/mol. The Balaban J connectivity index is 3.05. The molecule has 0 radical (unpaired) electrons. The van der Waals surface area contributed by atoms with Crippen LogP contribution < -0.4 is 0 Å². The molecule has 3 nitrogen and oxygen atoms in total. The second kappa shape index (κ2) is 9.69. The van der Waals surface area contributed by atoms with Crippen molar-refractivity contribution in [2.45, 2.75) is 64.7 Å². The van der Waals surface area contributed by atoms with Gasteiger partial charge in [-0.15, -0.1) is 0 Å². The van der Waals surface area contributed by atoms with E-state index in [9.17, 15) is 9.59 Å². The molecule has 0 heterocycles. The van der Waals surface area contributed by atoms with Crippen molar-refractivity contribution in [2.75, 3.05) is 0 Å². The fourth-order valence-electron chi connectivity index (χ4n) is 1.48. The minimum atomic E-state index is -0.705. The lowest BCUT2D eigenvalue weighted by molar-refractivity contribution is -0.137. The van der Waals surface area contributed by atoms with Gasteiger partial charge in [-0.2, -0.15) is 0 Å². The third-order valence-corrected chi connectivity index (χ3v) is 2.49. The van der Waals surface area contributed by atoms with E-state index in [1.54, 1.807) is 0 Å². The van der Waals surface area contributed by atoms with E-state index < -0.39 is 5.97 Å². The summed E-state index contributed by atoms with van der Waals surface area (Å²) in [4.78, 5) is 21.2. The van der Waals surface area contributed by atoms with Crippen molar-refractivity contribution in [3.8, 4) is 0 Å². The second-order valence-electron chi connectivity index (χ2n) is 3.91. The van der Waals surface area contributed by atoms with Gasteiger partial charge in [-0.05, 0) is 12.8 Å². The molecule has 88 valence electrons. The van der Waals surface area contributed by atoms with Crippen molar-refractivity contribution >= 4 is 11.8 Å². The van der Waals surface area contributed by atoms with Crippen molar-refractivity contribution in [1.82, 2.24) is 0 Å². The zero-order valence-corrected chi connectivity index (χ0v) is 9.63. The quantitative estimate of drug-likeness (QED) is 0.568. The van der Waals surface area contributed by atoms with Gasteiger partial charge in [-0.3, -0.25) is 9.59 Å². The van der Waals surface area contributed by atoms with Gasteiger partial charge in [0.2, 0.25) is 0 Å². The largest absolute Gasteiger partial charge is 0.481 e. The normalized spacial score (nSPS) is 10.2. The summed E-state index contributed by atoms with van der Waals surface area (Å²) in [5, 5.41) is 8.40. The van der Waals surface area contributed by atoms with Gasteiger partial charge in [0.15, 0.2) is 0 Å². The van der Waals surface area contributed by atoms with Crippen molar-refractivity contribution < 1.29 is 14.7 Å². The highest BCUT2D eigenvalue weighted by molar-refractivity contribution is 5.77. The number of hydrogen-bond acceptors (Lipinski definition) is 2. The summed E-state index contributed by atoms with van der Waals surface area (Å²) in [6.07, 6.45) is 7.73. The highest BCUT2D eigenvalue weighted by Gasteiger charge is 1.98. The van der Waals surface area contributed by atoms with Crippen molar-refractivity contribution in [3.05, 3.63) is 0 Å². The number of unbranched alkanes of at least 4 members (excludes halogenated alkanes) is 5. The molecule has 0 atom stereocenters. The van der Waals surface area contributed by atoms with Crippen LogP contribution in [0.25, 0.3) is 0 Å². The number of rotatable bonds is 10. The average molecular weight is 214 g/mol. The smallest absolute Gasteiger partial charge is 0.303 e. The van der Waals surface area contributed by atoms with Crippen LogP contribution in [0.3, 0.4) is 0 Å². The van der Waals surface area contributed by atoms with E-state index in [0.29, 0.717) is 18.6 Å². The van der Waals surface area contributed by atoms with E-state index in [4.69, 9.17) is 5.11 Å². The van der Waals surface area contributed by atoms with Gasteiger partial charge in [-0.1, -0.05) is 32.6 Å². The maximum absolute atomic E-state index is 11.0. The van der Waals surface area contributed by atoms with Crippen LogP contribution in [0.15, 0.2) is 0 Å². The number of ketones is 1. The summed E-state index contributed by atoms with van der Waals surface area (Å²) >= 11 is 0. The Bertz CT molecular complexity index is 187. The molecule has 0 unspecified atom stereocenters. The van der Waals surface area contributed by atoms with Crippen LogP contribution in [0.1, 0.15) is 64.7 Å². The maximum atomic E-state index is 11.0. The first-order chi connectivity index (χ1) is 7.16. The predicted molar refractivity (Wildman–Crippen MR) is 59.9 cm³/mol. The molecule has 0 aliphatic rings. The molecule has 0 aliphatic carbocycles. The Labute approximate surface area is 91.9 Å². The summed E-state index contributed by atoms with van der Waals surface area (Å²) in [6.45, 7) is 1.90. The minimum Gasteiger partial charge on any atom is -0.481 e. The highest BCUT2D eigenvalue weighted by Crippen LogP contribution is 2.09. The first kappa shape index (κ1) is 14.1. The Morgan fingerprint density at radius 3 is 1.80 bits per heavy atom. The fourth-order valence-corrected chi connectivity index (χ4v) is 1.48. The van der Waals surface area contributed by atoms with Gasteiger partial charge in [0.1, 0.15) is 5.78 Å². The van der Waals surface area contributed by atoms with Crippen LogP contribution >= 0.6 is 0 Å². The van der Waals surface area contributed by atoms with E-state index >= 15 is 0 Å². The second-order valence-corrected chi connectivity index (χ2v) is 3.91. The third-order valence-electron chi connectivity index (χ3n) is 2.49. The molecule has 1 N–H and O–H groups in total. The molecule has 0 aliphatic heterocycles. The van der Waals surface area contributed by atoms with Gasteiger partial charge in [-0.25, -0.2) is 0 Å². The predicted octanol–water partition coefficient (Wildman–Crippen LogP) is 3.17. The van der Waals surface area contributed by atoms with Gasteiger partial charge in [0.25, 0.3) is 0 Å². The summed E-state index contributed by atoms with van der Waals surface area (Å²) in [6, 6.07) is 0. The van der Waals surface area contributed by atoms with E-state index in [1.165, 1.54) is 0 Å². The van der Waals surface area contributed by atoms with Crippen molar-refractivity contribution in [1.29, 1.82) is 0 Å². The van der Waals surface area contributed by atoms with Crippen molar-refractivity contribution in [2.24, 2.45) is 0 Å². The van der Waals surface area contributed by atoms with Crippen LogP contribution in [-0.2, 0) is 9.59 Å². The fraction of sp³-hybridized carbons (Fsp3) is 0.833. The van der Waals surface area contributed by atoms with Crippen LogP contribution in [0.4, 0.5) is 0 Å². The van der Waals surface area contributed by atoms with Gasteiger partial charge < -0.3 is 5.11 Å². The molecule has 0 bridgehead atoms. The summed E-state index contributed by atoms with van der Waals surface area (Å²) in [5.41, 5.74) is 0. The van der Waals surface area contributed by atoms with Crippen molar-refractivity contribution in [3.63, 3.8) is 0 Å². The van der Waals surface area contributed by atoms with Crippen LogP contribution in [0, 0.1) is 0 Å². The van der Waals surface area contributed by atoms with Crippen LogP contribution in [0.2, 0.25) is 0 Å². The lowest BCUT2D eigenvalue weighted by Gasteiger charge is -2.00. The Morgan fingerprint density at radius 2 is 1.33 bits per heavy atom. The first-order valence-electron chi connectivity index (χ1n) is 5.90. The Kier molecular flexibility index (Phi) is 9.13. The SMILES string of the molecule is CCC(=O)CCCCCCCCC(=O)O. The molecule has 3 heteroatoms. The molecule has 0 aromatic carbocycles. The van der Waals surface area contributed by atoms with E-state index in [2.05, 4.69) is 0 Å².